The molecule has 1 aromatic rings. The Morgan fingerprint density at radius 2 is 2.00 bits per heavy atom. The molecule has 2 rings (SSSR count). The molecule has 1 unspecified atom stereocenters. The van der Waals surface area contributed by atoms with E-state index in [4.69, 9.17) is 9.47 Å². The number of hydrogen-bond donors (Lipinski definition) is 0. The van der Waals surface area contributed by atoms with Crippen LogP contribution in [0.1, 0.15) is 30.1 Å². The molecule has 0 radical (unpaired) electrons. The fourth-order valence-electron chi connectivity index (χ4n) is 2.40. The molecule has 1 aromatic carbocycles. The van der Waals surface area contributed by atoms with Gasteiger partial charge >= 0.3 is 5.97 Å². The number of likely N-dealkylation sites (tertiary alicyclic amines) is 1. The zero-order chi connectivity index (χ0) is 15.2. The first-order valence-electron chi connectivity index (χ1n) is 7.25. The van der Waals surface area contributed by atoms with Crippen molar-refractivity contribution in [2.24, 2.45) is 5.92 Å². The lowest BCUT2D eigenvalue weighted by molar-refractivity contribution is -0.144. The van der Waals surface area contributed by atoms with Gasteiger partial charge in [0.05, 0.1) is 19.6 Å². The molecule has 0 saturated carbocycles. The third-order valence-corrected chi connectivity index (χ3v) is 3.58. The van der Waals surface area contributed by atoms with E-state index in [9.17, 15) is 9.59 Å². The van der Waals surface area contributed by atoms with Crippen molar-refractivity contribution >= 4 is 11.9 Å². The van der Waals surface area contributed by atoms with Crippen LogP contribution < -0.4 is 4.74 Å². The summed E-state index contributed by atoms with van der Waals surface area (Å²) in [6.45, 7) is 3.73. The number of rotatable bonds is 5. The van der Waals surface area contributed by atoms with Crippen molar-refractivity contribution in [3.8, 4) is 5.75 Å². The van der Waals surface area contributed by atoms with Crippen molar-refractivity contribution < 1.29 is 19.1 Å². The highest BCUT2D eigenvalue weighted by Crippen LogP contribution is 2.21. The van der Waals surface area contributed by atoms with Crippen molar-refractivity contribution in [2.45, 2.75) is 19.8 Å². The number of amides is 1. The van der Waals surface area contributed by atoms with Crippen molar-refractivity contribution in [1.29, 1.82) is 0 Å². The molecule has 21 heavy (non-hydrogen) atoms. The quantitative estimate of drug-likeness (QED) is 0.780. The Labute approximate surface area is 124 Å². The van der Waals surface area contributed by atoms with E-state index in [0.717, 1.165) is 12.2 Å². The average Bonchev–Trinajstić information content (AvgIpc) is 3.02. The summed E-state index contributed by atoms with van der Waals surface area (Å²) in [6.07, 6.45) is 1.61. The van der Waals surface area contributed by atoms with Gasteiger partial charge in [-0.2, -0.15) is 0 Å². The highest BCUT2D eigenvalue weighted by Gasteiger charge is 2.32. The van der Waals surface area contributed by atoms with Gasteiger partial charge in [0.15, 0.2) is 0 Å². The minimum Gasteiger partial charge on any atom is -0.494 e. The van der Waals surface area contributed by atoms with Gasteiger partial charge in [0.1, 0.15) is 5.75 Å². The first kappa shape index (κ1) is 15.4. The van der Waals surface area contributed by atoms with Gasteiger partial charge in [0, 0.05) is 18.7 Å². The first-order valence-corrected chi connectivity index (χ1v) is 7.25. The van der Waals surface area contributed by atoms with Crippen molar-refractivity contribution in [3.05, 3.63) is 29.8 Å². The summed E-state index contributed by atoms with van der Waals surface area (Å²) in [4.78, 5) is 25.5. The smallest absolute Gasteiger partial charge is 0.310 e. The van der Waals surface area contributed by atoms with E-state index in [1.54, 1.807) is 29.2 Å². The van der Waals surface area contributed by atoms with E-state index < -0.39 is 0 Å². The van der Waals surface area contributed by atoms with Crippen LogP contribution in [0.15, 0.2) is 24.3 Å². The zero-order valence-corrected chi connectivity index (χ0v) is 12.5. The maximum atomic E-state index is 12.4. The molecule has 0 N–H and O–H groups in total. The monoisotopic (exact) mass is 291 g/mol. The standard InChI is InChI=1S/C16H21NO4/c1-3-10-21-14-6-4-12(5-7-14)15(18)17-9-8-13(11-17)16(19)20-2/h4-7,13H,3,8-11H2,1-2H3. The molecule has 0 aliphatic carbocycles. The largest absolute Gasteiger partial charge is 0.494 e. The van der Waals surface area contributed by atoms with Gasteiger partial charge in [-0.3, -0.25) is 9.59 Å². The molecule has 0 bridgehead atoms. The molecule has 5 nitrogen and oxygen atoms in total. The normalized spacial score (nSPS) is 17.6. The van der Waals surface area contributed by atoms with Gasteiger partial charge < -0.3 is 14.4 Å². The third kappa shape index (κ3) is 3.74. The van der Waals surface area contributed by atoms with E-state index >= 15 is 0 Å². The molecule has 0 spiro atoms. The second kappa shape index (κ2) is 7.11. The SMILES string of the molecule is CCCOc1ccc(C(=O)N2CCC(C(=O)OC)C2)cc1. The van der Waals surface area contributed by atoms with E-state index in [-0.39, 0.29) is 17.8 Å². The highest BCUT2D eigenvalue weighted by molar-refractivity contribution is 5.95. The Hall–Kier alpha value is -2.04. The van der Waals surface area contributed by atoms with E-state index in [1.165, 1.54) is 7.11 Å². The Kier molecular flexibility index (Phi) is 5.20. The van der Waals surface area contributed by atoms with Crippen LogP contribution in [0.5, 0.6) is 5.75 Å². The van der Waals surface area contributed by atoms with Crippen LogP contribution in [0, 0.1) is 5.92 Å². The third-order valence-electron chi connectivity index (χ3n) is 3.58. The van der Waals surface area contributed by atoms with Crippen molar-refractivity contribution in [2.75, 3.05) is 26.8 Å². The lowest BCUT2D eigenvalue weighted by Gasteiger charge is -2.16. The number of nitrogens with zero attached hydrogens (tertiary/aromatic N) is 1. The minimum atomic E-state index is -0.242. The lowest BCUT2D eigenvalue weighted by Crippen LogP contribution is -2.30. The highest BCUT2D eigenvalue weighted by atomic mass is 16.5. The molecule has 114 valence electrons. The zero-order valence-electron chi connectivity index (χ0n) is 12.5. The van der Waals surface area contributed by atoms with Crippen LogP contribution in [0.25, 0.3) is 0 Å². The molecule has 1 amide bonds. The molecule has 1 aliphatic rings. The van der Waals surface area contributed by atoms with Crippen molar-refractivity contribution in [1.82, 2.24) is 4.90 Å². The summed E-state index contributed by atoms with van der Waals surface area (Å²) in [5.41, 5.74) is 0.615. The Morgan fingerprint density at radius 1 is 1.29 bits per heavy atom. The fraction of sp³-hybridized carbons (Fsp3) is 0.500. The Bertz CT molecular complexity index is 498. The predicted molar refractivity (Wildman–Crippen MR) is 78.3 cm³/mol. The molecule has 0 aromatic heterocycles. The number of carbonyl (C=O) groups is 2. The lowest BCUT2D eigenvalue weighted by atomic mass is 10.1. The predicted octanol–water partition coefficient (Wildman–Crippen LogP) is 2.11. The van der Waals surface area contributed by atoms with Gasteiger partial charge in [0.2, 0.25) is 0 Å². The summed E-state index contributed by atoms with van der Waals surface area (Å²) < 4.78 is 10.2. The van der Waals surface area contributed by atoms with Crippen LogP contribution in [0.2, 0.25) is 0 Å². The van der Waals surface area contributed by atoms with Gasteiger partial charge in [0.25, 0.3) is 5.91 Å². The van der Waals surface area contributed by atoms with Gasteiger partial charge in [-0.25, -0.2) is 0 Å². The average molecular weight is 291 g/mol. The number of hydrogen-bond acceptors (Lipinski definition) is 4. The second-order valence-corrected chi connectivity index (χ2v) is 5.13. The van der Waals surface area contributed by atoms with Crippen LogP contribution in [0.3, 0.4) is 0 Å². The molecule has 1 saturated heterocycles. The summed E-state index contributed by atoms with van der Waals surface area (Å²) in [6, 6.07) is 7.13. The van der Waals surface area contributed by atoms with Crippen molar-refractivity contribution in [3.63, 3.8) is 0 Å². The number of esters is 1. The number of methoxy groups -OCH3 is 1. The van der Waals surface area contributed by atoms with E-state index in [1.807, 2.05) is 6.92 Å². The first-order chi connectivity index (χ1) is 10.2. The van der Waals surface area contributed by atoms with Gasteiger partial charge in [-0.15, -0.1) is 0 Å². The van der Waals surface area contributed by atoms with Gasteiger partial charge in [-0.05, 0) is 37.1 Å². The molecule has 1 aliphatic heterocycles. The maximum Gasteiger partial charge on any atom is 0.310 e. The van der Waals surface area contributed by atoms with Gasteiger partial charge in [-0.1, -0.05) is 6.92 Å². The van der Waals surface area contributed by atoms with E-state index in [2.05, 4.69) is 0 Å². The molecular weight excluding hydrogens is 270 g/mol. The van der Waals surface area contributed by atoms with Crippen LogP contribution >= 0.6 is 0 Å². The molecule has 1 fully saturated rings. The fourth-order valence-corrected chi connectivity index (χ4v) is 2.40. The molecule has 1 heterocycles. The Morgan fingerprint density at radius 3 is 2.62 bits per heavy atom. The van der Waals surface area contributed by atoms with Crippen LogP contribution in [-0.4, -0.2) is 43.6 Å². The summed E-state index contributed by atoms with van der Waals surface area (Å²) in [5, 5.41) is 0. The second-order valence-electron chi connectivity index (χ2n) is 5.13. The molecule has 1 atom stereocenters. The Balaban J connectivity index is 1.96. The number of ether oxygens (including phenoxy) is 2. The maximum absolute atomic E-state index is 12.4. The topological polar surface area (TPSA) is 55.8 Å². The molecular formula is C16H21NO4. The van der Waals surface area contributed by atoms with Crippen LogP contribution in [-0.2, 0) is 9.53 Å². The van der Waals surface area contributed by atoms with E-state index in [0.29, 0.717) is 31.7 Å². The summed E-state index contributed by atoms with van der Waals surface area (Å²) in [7, 11) is 1.38. The minimum absolute atomic E-state index is 0.0524. The number of benzene rings is 1. The number of carbonyl (C=O) groups excluding carboxylic acids is 2. The molecule has 5 heteroatoms. The van der Waals surface area contributed by atoms with Crippen LogP contribution in [0.4, 0.5) is 0 Å². The summed E-state index contributed by atoms with van der Waals surface area (Å²) in [5.74, 6) is 0.269. The summed E-state index contributed by atoms with van der Waals surface area (Å²) >= 11 is 0.